The molecule has 4 rings (SSSR count). The number of H-pyrrole nitrogens is 1. The molecule has 1 aromatic carbocycles. The van der Waals surface area contributed by atoms with Crippen LogP contribution in [-0.4, -0.2) is 53.7 Å². The molecule has 1 unspecified atom stereocenters. The van der Waals surface area contributed by atoms with Gasteiger partial charge in [0.1, 0.15) is 15.7 Å². The van der Waals surface area contributed by atoms with E-state index in [-0.39, 0.29) is 17.3 Å². The van der Waals surface area contributed by atoms with Crippen LogP contribution in [0.1, 0.15) is 29.8 Å². The average molecular weight is 515 g/mol. The van der Waals surface area contributed by atoms with E-state index in [1.807, 2.05) is 0 Å². The number of hydrogen-bond acceptors (Lipinski definition) is 7. The topological polar surface area (TPSA) is 116 Å². The number of fused-ring (bicyclic) bond motifs is 1. The fourth-order valence-electron chi connectivity index (χ4n) is 4.20. The van der Waals surface area contributed by atoms with Crippen LogP contribution >= 0.6 is 0 Å². The normalized spacial score (nSPS) is 12.6. The molecule has 0 aliphatic carbocycles. The maximum Gasteiger partial charge on any atom is 0.328 e. The number of hydrogen-bond donors (Lipinski definition) is 1. The van der Waals surface area contributed by atoms with E-state index in [2.05, 4.69) is 15.0 Å². The number of rotatable bonds is 8. The van der Waals surface area contributed by atoms with Crippen molar-refractivity contribution in [2.75, 3.05) is 25.7 Å². The zero-order valence-corrected chi connectivity index (χ0v) is 21.4. The summed E-state index contributed by atoms with van der Waals surface area (Å²) in [5.74, 6) is -0.210. The van der Waals surface area contributed by atoms with Crippen LogP contribution in [0, 0.1) is 19.7 Å². The van der Waals surface area contributed by atoms with Crippen LogP contribution in [0.25, 0.3) is 22.3 Å². The van der Waals surface area contributed by atoms with Gasteiger partial charge in [-0.1, -0.05) is 18.2 Å². The molecular formula is C25H27FN4O5S. The molecule has 3 heterocycles. The number of halogens is 1. The highest BCUT2D eigenvalue weighted by Gasteiger charge is 2.28. The number of aromatic amines is 1. The van der Waals surface area contributed by atoms with Crippen LogP contribution in [-0.2, 0) is 9.84 Å². The predicted molar refractivity (Wildman–Crippen MR) is 135 cm³/mol. The fourth-order valence-corrected chi connectivity index (χ4v) is 5.10. The Labute approximate surface area is 207 Å². The van der Waals surface area contributed by atoms with Crippen molar-refractivity contribution < 1.29 is 22.3 Å². The number of methoxy groups -OCH3 is 1. The molecular weight excluding hydrogens is 487 g/mol. The number of nitrogens with zero attached hydrogens (tertiary/aromatic N) is 3. The lowest BCUT2D eigenvalue weighted by molar-refractivity contribution is 0.296. The molecule has 1 N–H and O–H groups in total. The lowest BCUT2D eigenvalue weighted by Crippen LogP contribution is -2.29. The Hall–Kier alpha value is -3.73. The molecule has 0 spiro atoms. The first-order valence-electron chi connectivity index (χ1n) is 11.3. The number of ether oxygens (including phenoxy) is 2. The van der Waals surface area contributed by atoms with Gasteiger partial charge in [-0.2, -0.15) is 0 Å². The maximum atomic E-state index is 14.8. The number of aryl methyl sites for hydroxylation is 2. The minimum atomic E-state index is -3.56. The Kier molecular flexibility index (Phi) is 6.85. The minimum Gasteiger partial charge on any atom is -0.491 e. The van der Waals surface area contributed by atoms with Gasteiger partial charge in [0, 0.05) is 23.6 Å². The molecule has 36 heavy (non-hydrogen) atoms. The molecule has 0 aliphatic rings. The highest BCUT2D eigenvalue weighted by Crippen LogP contribution is 2.33. The van der Waals surface area contributed by atoms with E-state index >= 15 is 0 Å². The zero-order valence-electron chi connectivity index (χ0n) is 20.6. The second kappa shape index (κ2) is 9.73. The molecule has 9 nitrogen and oxygen atoms in total. The van der Waals surface area contributed by atoms with Crippen LogP contribution in [0.5, 0.6) is 11.6 Å². The van der Waals surface area contributed by atoms with Crippen molar-refractivity contribution in [1.29, 1.82) is 0 Å². The third kappa shape index (κ3) is 4.70. The molecule has 4 aromatic rings. The molecule has 0 amide bonds. The summed E-state index contributed by atoms with van der Waals surface area (Å²) in [7, 11) is -2.09. The minimum absolute atomic E-state index is 0.185. The van der Waals surface area contributed by atoms with Crippen molar-refractivity contribution in [1.82, 2.24) is 19.5 Å². The summed E-state index contributed by atoms with van der Waals surface area (Å²) < 4.78 is 51.7. The van der Waals surface area contributed by atoms with E-state index in [9.17, 15) is 17.6 Å². The molecule has 11 heteroatoms. The smallest absolute Gasteiger partial charge is 0.328 e. The van der Waals surface area contributed by atoms with Gasteiger partial charge in [-0.15, -0.1) is 0 Å². The summed E-state index contributed by atoms with van der Waals surface area (Å²) in [5.41, 5.74) is 2.33. The summed E-state index contributed by atoms with van der Waals surface area (Å²) >= 11 is 0. The van der Waals surface area contributed by atoms with Gasteiger partial charge in [0.05, 0.1) is 36.7 Å². The van der Waals surface area contributed by atoms with Gasteiger partial charge in [-0.25, -0.2) is 27.6 Å². The molecule has 1 atom stereocenters. The summed E-state index contributed by atoms with van der Waals surface area (Å²) in [6.45, 7) is 5.53. The SMILES string of the molecule is CCOc1nc(C(CS(C)(=O)=O)n2c(=O)[nH]c3c(C)c(-c4cccc(C)c4F)cnc32)ccc1OC. The van der Waals surface area contributed by atoms with Crippen LogP contribution in [0.2, 0.25) is 0 Å². The largest absolute Gasteiger partial charge is 0.491 e. The van der Waals surface area contributed by atoms with Gasteiger partial charge in [-0.3, -0.25) is 4.57 Å². The Morgan fingerprint density at radius 2 is 1.92 bits per heavy atom. The molecule has 0 aliphatic heterocycles. The van der Waals surface area contributed by atoms with E-state index < -0.39 is 27.3 Å². The average Bonchev–Trinajstić information content (AvgIpc) is 3.16. The summed E-state index contributed by atoms with van der Waals surface area (Å²) in [5, 5.41) is 0. The molecule has 0 saturated heterocycles. The van der Waals surface area contributed by atoms with E-state index in [0.29, 0.717) is 45.8 Å². The number of nitrogens with one attached hydrogen (secondary N) is 1. The molecule has 0 fully saturated rings. The second-order valence-electron chi connectivity index (χ2n) is 8.52. The zero-order chi connectivity index (χ0) is 26.2. The Morgan fingerprint density at radius 3 is 2.58 bits per heavy atom. The molecule has 3 aromatic heterocycles. The van der Waals surface area contributed by atoms with Crippen molar-refractivity contribution in [2.24, 2.45) is 0 Å². The van der Waals surface area contributed by atoms with Crippen molar-refractivity contribution in [2.45, 2.75) is 26.8 Å². The van der Waals surface area contributed by atoms with E-state index in [1.165, 1.54) is 17.9 Å². The van der Waals surface area contributed by atoms with E-state index in [4.69, 9.17) is 9.47 Å². The van der Waals surface area contributed by atoms with Crippen LogP contribution in [0.3, 0.4) is 0 Å². The summed E-state index contributed by atoms with van der Waals surface area (Å²) in [6, 6.07) is 7.27. The first-order chi connectivity index (χ1) is 17.1. The number of aromatic nitrogens is 4. The van der Waals surface area contributed by atoms with Gasteiger partial charge in [0.15, 0.2) is 11.4 Å². The first kappa shape index (κ1) is 25.4. The number of pyridine rings is 2. The molecule has 0 saturated carbocycles. The lowest BCUT2D eigenvalue weighted by atomic mass is 10.00. The van der Waals surface area contributed by atoms with Crippen molar-refractivity contribution in [3.63, 3.8) is 0 Å². The summed E-state index contributed by atoms with van der Waals surface area (Å²) in [4.78, 5) is 24.9. The highest BCUT2D eigenvalue weighted by molar-refractivity contribution is 7.90. The van der Waals surface area contributed by atoms with Crippen LogP contribution < -0.4 is 15.2 Å². The monoisotopic (exact) mass is 514 g/mol. The molecule has 190 valence electrons. The quantitative estimate of drug-likeness (QED) is 0.382. The van der Waals surface area contributed by atoms with Crippen molar-refractivity contribution in [3.8, 4) is 22.8 Å². The predicted octanol–water partition coefficient (Wildman–Crippen LogP) is 3.58. The van der Waals surface area contributed by atoms with Crippen LogP contribution in [0.4, 0.5) is 4.39 Å². The Balaban J connectivity index is 1.94. The Bertz CT molecular complexity index is 1610. The number of imidazole rings is 1. The second-order valence-corrected chi connectivity index (χ2v) is 10.7. The number of benzene rings is 1. The van der Waals surface area contributed by atoms with Gasteiger partial charge < -0.3 is 14.5 Å². The third-order valence-electron chi connectivity index (χ3n) is 5.94. The van der Waals surface area contributed by atoms with Gasteiger partial charge in [0.2, 0.25) is 0 Å². The highest BCUT2D eigenvalue weighted by atomic mass is 32.2. The van der Waals surface area contributed by atoms with Gasteiger partial charge in [0.25, 0.3) is 5.88 Å². The standard InChI is InChI=1S/C25H27FN4O5S/c1-6-35-24-20(34-4)11-10-18(28-24)19(13-36(5,32)33)30-23-22(29-25(30)31)15(3)17(12-27-23)16-9-7-8-14(2)21(16)26/h7-12,19H,6,13H2,1-5H3,(H,29,31). The molecule has 0 radical (unpaired) electrons. The number of sulfone groups is 1. The Morgan fingerprint density at radius 1 is 1.17 bits per heavy atom. The third-order valence-corrected chi connectivity index (χ3v) is 6.86. The van der Waals surface area contributed by atoms with E-state index in [1.54, 1.807) is 51.1 Å². The van der Waals surface area contributed by atoms with Crippen molar-refractivity contribution >= 4 is 21.0 Å². The van der Waals surface area contributed by atoms with Crippen molar-refractivity contribution in [3.05, 3.63) is 69.7 Å². The van der Waals surface area contributed by atoms with Gasteiger partial charge >= 0.3 is 5.69 Å². The van der Waals surface area contributed by atoms with Crippen LogP contribution in [0.15, 0.2) is 41.3 Å². The summed E-state index contributed by atoms with van der Waals surface area (Å²) in [6.07, 6.45) is 2.58. The van der Waals surface area contributed by atoms with Gasteiger partial charge in [-0.05, 0) is 44.0 Å². The fraction of sp³-hybridized carbons (Fsp3) is 0.320. The molecule has 0 bridgehead atoms. The first-order valence-corrected chi connectivity index (χ1v) is 13.3. The van der Waals surface area contributed by atoms with E-state index in [0.717, 1.165) is 6.26 Å². The maximum absolute atomic E-state index is 14.8. The lowest BCUT2D eigenvalue weighted by Gasteiger charge is -2.19.